The van der Waals surface area contributed by atoms with Gasteiger partial charge >= 0.3 is 12.1 Å². The second-order valence-corrected chi connectivity index (χ2v) is 26.8. The fourth-order valence-electron chi connectivity index (χ4n) is 7.40. The van der Waals surface area contributed by atoms with Crippen molar-refractivity contribution in [2.75, 3.05) is 27.6 Å². The minimum absolute atomic E-state index is 0.117. The van der Waals surface area contributed by atoms with Gasteiger partial charge in [-0.15, -0.1) is 0 Å². The number of benzene rings is 3. The van der Waals surface area contributed by atoms with Gasteiger partial charge in [-0.3, -0.25) is 0 Å². The molecule has 1 fully saturated rings. The number of esters is 1. The number of hydrogen-bond donors (Lipinski definition) is 2. The van der Waals surface area contributed by atoms with E-state index in [4.69, 9.17) is 28.4 Å². The van der Waals surface area contributed by atoms with Gasteiger partial charge in [-0.1, -0.05) is 118 Å². The summed E-state index contributed by atoms with van der Waals surface area (Å²) in [6.07, 6.45) is -1.91. The zero-order valence-corrected chi connectivity index (χ0v) is 37.7. The van der Waals surface area contributed by atoms with Crippen LogP contribution in [0.1, 0.15) is 62.9 Å². The number of aliphatic hydroxyl groups is 1. The average molecular weight is 859 g/mol. The summed E-state index contributed by atoms with van der Waals surface area (Å²) in [5, 5.41) is 11.5. The molecule has 0 radical (unpaired) electrons. The van der Waals surface area contributed by atoms with Crippen molar-refractivity contribution < 1.29 is 56.3 Å². The van der Waals surface area contributed by atoms with Crippen molar-refractivity contribution in [1.29, 1.82) is 0 Å². The first-order chi connectivity index (χ1) is 27.6. The number of methoxy groups -OCH3 is 2. The van der Waals surface area contributed by atoms with Gasteiger partial charge in [0, 0.05) is 21.3 Å². The van der Waals surface area contributed by atoms with E-state index in [1.165, 1.54) is 26.4 Å². The minimum Gasteiger partial charge on any atom is -0.497 e. The Labute approximate surface area is 349 Å². The number of rotatable bonds is 20. The Bertz CT molecular complexity index is 1820. The van der Waals surface area contributed by atoms with Gasteiger partial charge in [0.1, 0.15) is 29.3 Å². The van der Waals surface area contributed by atoms with Crippen molar-refractivity contribution in [1.82, 2.24) is 0 Å². The largest absolute Gasteiger partial charge is 0.497 e. The molecule has 0 saturated carbocycles. The van der Waals surface area contributed by atoms with Crippen molar-refractivity contribution in [2.24, 2.45) is 5.92 Å². The van der Waals surface area contributed by atoms with Crippen LogP contribution in [0.4, 0.5) is 13.2 Å². The maximum absolute atomic E-state index is 14.8. The first-order valence-electron chi connectivity index (χ1n) is 19.9. The van der Waals surface area contributed by atoms with Crippen LogP contribution in [0.15, 0.2) is 91.0 Å². The van der Waals surface area contributed by atoms with Crippen LogP contribution in [-0.2, 0) is 18.9 Å². The number of carbonyl (C=O) groups excluding carboxylic acids is 1. The molecule has 1 unspecified atom stereocenters. The van der Waals surface area contributed by atoms with Crippen molar-refractivity contribution in [3.63, 3.8) is 0 Å². The summed E-state index contributed by atoms with van der Waals surface area (Å²) in [6, 6.07) is 21.9. The number of ether oxygens (including phenoxy) is 6. The van der Waals surface area contributed by atoms with Crippen LogP contribution in [-0.4, -0.2) is 90.2 Å². The molecule has 2 N–H and O–H groups in total. The highest BCUT2D eigenvalue weighted by Gasteiger charge is 2.54. The van der Waals surface area contributed by atoms with Gasteiger partial charge in [-0.25, -0.2) is 4.79 Å². The predicted octanol–water partition coefficient (Wildman–Crippen LogP) is 8.50. The molecule has 1 aliphatic heterocycles. The molecule has 14 heteroatoms. The van der Waals surface area contributed by atoms with Gasteiger partial charge in [-0.05, 0) is 66.2 Å². The van der Waals surface area contributed by atoms with E-state index in [-0.39, 0.29) is 37.6 Å². The highest BCUT2D eigenvalue weighted by molar-refractivity contribution is 6.98. The molecule has 3 aromatic carbocycles. The molecule has 9 nitrogen and oxygen atoms in total. The Morgan fingerprint density at radius 1 is 0.949 bits per heavy atom. The Morgan fingerprint density at radius 2 is 1.56 bits per heavy atom. The molecule has 4 rings (SSSR count). The Kier molecular flexibility index (Phi) is 16.4. The predicted molar refractivity (Wildman–Crippen MR) is 230 cm³/mol. The fourth-order valence-corrected chi connectivity index (χ4v) is 11.9. The molecular weight excluding hydrogens is 798 g/mol. The standard InChI is InChI=1S/C45H61F3O9Si2/c1-43(2,59(51,35-20-12-10-13-21-35)36-22-14-11-15-23-36)30-33(45(46,47)48)19-17-24-37(49)41-38(56-44(3,4)57-41)25-16-18-32-28-34(53-6)29-39(55-31-52-5)40(32)42(50)54-26-27-58(7,8)9/h10-18,20-24,28-29,33,37-38,41,49,51H,19,25-27,30-31H2,1-9H3/b18-16+,24-17-/t33-,37?,38-,41+/m0/s1. The number of hydrogen-bond acceptors (Lipinski definition) is 9. The number of alkyl halides is 3. The Morgan fingerprint density at radius 3 is 2.10 bits per heavy atom. The molecule has 0 aliphatic carbocycles. The van der Waals surface area contributed by atoms with Crippen LogP contribution in [0.5, 0.6) is 11.5 Å². The van der Waals surface area contributed by atoms with Gasteiger partial charge in [-0.2, -0.15) is 13.2 Å². The number of carbonyl (C=O) groups is 1. The highest BCUT2D eigenvalue weighted by Crippen LogP contribution is 2.47. The second kappa shape index (κ2) is 20.2. The molecule has 1 saturated heterocycles. The van der Waals surface area contributed by atoms with Crippen molar-refractivity contribution in [3.05, 3.63) is 102 Å². The summed E-state index contributed by atoms with van der Waals surface area (Å²) in [5.41, 5.74) is 0.647. The molecule has 1 aliphatic rings. The summed E-state index contributed by atoms with van der Waals surface area (Å²) >= 11 is 0. The first-order valence-corrected chi connectivity index (χ1v) is 25.6. The van der Waals surface area contributed by atoms with E-state index in [2.05, 4.69) is 19.6 Å². The zero-order chi connectivity index (χ0) is 43.6. The molecule has 0 bridgehead atoms. The summed E-state index contributed by atoms with van der Waals surface area (Å²) < 4.78 is 78.6. The Hall–Kier alpha value is -3.77. The lowest BCUT2D eigenvalue weighted by Crippen LogP contribution is -2.65. The third-order valence-corrected chi connectivity index (χ3v) is 16.7. The van der Waals surface area contributed by atoms with E-state index in [0.29, 0.717) is 21.7 Å². The van der Waals surface area contributed by atoms with Crippen LogP contribution in [0.3, 0.4) is 0 Å². The molecule has 0 spiro atoms. The van der Waals surface area contributed by atoms with Crippen LogP contribution in [0.25, 0.3) is 6.08 Å². The summed E-state index contributed by atoms with van der Waals surface area (Å²) in [7, 11) is -2.24. The van der Waals surface area contributed by atoms with Gasteiger partial charge in [0.25, 0.3) is 8.32 Å². The van der Waals surface area contributed by atoms with Gasteiger partial charge in [0.15, 0.2) is 12.6 Å². The average Bonchev–Trinajstić information content (AvgIpc) is 3.49. The smallest absolute Gasteiger partial charge is 0.392 e. The molecular formula is C45H61F3O9Si2. The number of halogens is 3. The monoisotopic (exact) mass is 858 g/mol. The number of aliphatic hydroxyl groups excluding tert-OH is 1. The van der Waals surface area contributed by atoms with E-state index in [1.807, 2.05) is 12.1 Å². The molecule has 59 heavy (non-hydrogen) atoms. The molecule has 0 aromatic heterocycles. The lowest BCUT2D eigenvalue weighted by atomic mass is 9.92. The second-order valence-electron chi connectivity index (χ2n) is 17.3. The first kappa shape index (κ1) is 47.9. The SMILES string of the molecule is COCOc1cc(OC)cc(/C=C/C[C@@H]2OC(C)(C)O[C@@H]2C(O)/C=C\C[C@@H](CC(C)(C)[Si](O)(c2ccccc2)c2ccccc2)C(F)(F)F)c1C(=O)OCC[Si](C)(C)C. The molecule has 1 heterocycles. The maximum atomic E-state index is 14.8. The van der Waals surface area contributed by atoms with Gasteiger partial charge in [0.05, 0.1) is 25.7 Å². The van der Waals surface area contributed by atoms with Crippen molar-refractivity contribution >= 4 is 38.8 Å². The van der Waals surface area contributed by atoms with E-state index >= 15 is 0 Å². The highest BCUT2D eigenvalue weighted by atomic mass is 28.4. The van der Waals surface area contributed by atoms with Crippen LogP contribution >= 0.6 is 0 Å². The maximum Gasteiger partial charge on any atom is 0.392 e. The summed E-state index contributed by atoms with van der Waals surface area (Å²) in [6.45, 7) is 13.5. The molecule has 4 atom stereocenters. The van der Waals surface area contributed by atoms with Crippen molar-refractivity contribution in [2.45, 2.75) is 108 Å². The van der Waals surface area contributed by atoms with E-state index in [1.54, 1.807) is 101 Å². The summed E-state index contributed by atoms with van der Waals surface area (Å²) in [5.74, 6) is -2.81. The topological polar surface area (TPSA) is 113 Å². The number of allylic oxidation sites excluding steroid dienone is 1. The fraction of sp³-hybridized carbons (Fsp3) is 0.489. The third kappa shape index (κ3) is 12.9. The lowest BCUT2D eigenvalue weighted by Gasteiger charge is -2.43. The van der Waals surface area contributed by atoms with Gasteiger partial charge < -0.3 is 38.3 Å². The van der Waals surface area contributed by atoms with E-state index in [0.717, 1.165) is 6.04 Å². The van der Waals surface area contributed by atoms with Gasteiger partial charge in [0.2, 0.25) is 0 Å². The molecule has 3 aromatic rings. The quantitative estimate of drug-likeness (QED) is 0.0500. The van der Waals surface area contributed by atoms with Crippen LogP contribution in [0, 0.1) is 5.92 Å². The molecule has 324 valence electrons. The van der Waals surface area contributed by atoms with Crippen LogP contribution < -0.4 is 19.8 Å². The summed E-state index contributed by atoms with van der Waals surface area (Å²) in [4.78, 5) is 26.0. The lowest BCUT2D eigenvalue weighted by molar-refractivity contribution is -0.177. The van der Waals surface area contributed by atoms with E-state index < -0.39 is 70.0 Å². The zero-order valence-electron chi connectivity index (χ0n) is 35.7. The third-order valence-electron chi connectivity index (χ3n) is 10.5. The normalized spacial score (nSPS) is 18.6. The Balaban J connectivity index is 1.54. The van der Waals surface area contributed by atoms with E-state index in [9.17, 15) is 27.9 Å². The van der Waals surface area contributed by atoms with Crippen LogP contribution in [0.2, 0.25) is 30.7 Å². The van der Waals surface area contributed by atoms with Crippen molar-refractivity contribution in [3.8, 4) is 11.5 Å². The minimum atomic E-state index is -4.58. The molecule has 0 amide bonds.